The number of hydrogen-bond acceptors (Lipinski definition) is 6. The van der Waals surface area contributed by atoms with E-state index in [0.717, 1.165) is 0 Å². The topological polar surface area (TPSA) is 66.0 Å². The maximum Gasteiger partial charge on any atom is 0.334 e. The number of ether oxygens (including phenoxy) is 4. The molecule has 0 aliphatic rings. The third kappa shape index (κ3) is 7.00. The summed E-state index contributed by atoms with van der Waals surface area (Å²) in [4.78, 5) is 11.5. The minimum atomic E-state index is -1.13. The van der Waals surface area contributed by atoms with E-state index < -0.39 is 18.1 Å². The van der Waals surface area contributed by atoms with Crippen LogP contribution in [0.4, 0.5) is 0 Å². The van der Waals surface area contributed by atoms with Gasteiger partial charge < -0.3 is 18.9 Å². The van der Waals surface area contributed by atoms with Gasteiger partial charge in [0.2, 0.25) is 0 Å². The van der Waals surface area contributed by atoms with Crippen molar-refractivity contribution >= 4 is 5.97 Å². The zero-order valence-corrected chi connectivity index (χ0v) is 13.2. The SMILES string of the molecule is C=C(C)C(=O)OC(C)NC(COCC)(OCC)OCC. The highest BCUT2D eigenvalue weighted by Crippen LogP contribution is 2.13. The number of hydrogen-bond donors (Lipinski definition) is 1. The lowest BCUT2D eigenvalue weighted by Gasteiger charge is -2.35. The summed E-state index contributed by atoms with van der Waals surface area (Å²) < 4.78 is 21.8. The minimum absolute atomic E-state index is 0.195. The first-order valence-corrected chi connectivity index (χ1v) is 6.90. The fraction of sp³-hybridized carbons (Fsp3) is 0.786. The van der Waals surface area contributed by atoms with E-state index in [9.17, 15) is 4.79 Å². The van der Waals surface area contributed by atoms with Crippen LogP contribution in [0.5, 0.6) is 0 Å². The van der Waals surface area contributed by atoms with Crippen molar-refractivity contribution in [2.75, 3.05) is 26.4 Å². The van der Waals surface area contributed by atoms with Crippen LogP contribution in [0.2, 0.25) is 0 Å². The maximum atomic E-state index is 11.5. The van der Waals surface area contributed by atoms with Crippen molar-refractivity contribution in [1.29, 1.82) is 0 Å². The Balaban J connectivity index is 4.74. The number of carbonyl (C=O) groups is 1. The minimum Gasteiger partial charge on any atom is -0.443 e. The standard InChI is InChI=1S/C14H27NO5/c1-7-17-10-14(18-8-2,19-9-3)15-12(6)20-13(16)11(4)5/h12,15H,4,7-10H2,1-3,5-6H3. The summed E-state index contributed by atoms with van der Waals surface area (Å²) in [5.74, 6) is -1.60. The van der Waals surface area contributed by atoms with Gasteiger partial charge in [-0.3, -0.25) is 0 Å². The van der Waals surface area contributed by atoms with Gasteiger partial charge in [0.25, 0.3) is 5.91 Å². The molecule has 0 radical (unpaired) electrons. The molecule has 0 amide bonds. The van der Waals surface area contributed by atoms with Gasteiger partial charge in [0, 0.05) is 25.4 Å². The highest BCUT2D eigenvalue weighted by atomic mass is 16.7. The molecule has 6 nitrogen and oxygen atoms in total. The molecule has 0 aromatic carbocycles. The van der Waals surface area contributed by atoms with Gasteiger partial charge in [0.15, 0.2) is 6.23 Å². The molecule has 0 rings (SSSR count). The summed E-state index contributed by atoms with van der Waals surface area (Å²) in [6.07, 6.45) is -0.599. The third-order valence-corrected chi connectivity index (χ3v) is 2.31. The second-order valence-corrected chi connectivity index (χ2v) is 4.23. The van der Waals surface area contributed by atoms with Gasteiger partial charge >= 0.3 is 5.97 Å². The van der Waals surface area contributed by atoms with Crippen LogP contribution in [0.3, 0.4) is 0 Å². The molecule has 0 aliphatic carbocycles. The van der Waals surface area contributed by atoms with Gasteiger partial charge in [-0.1, -0.05) is 6.58 Å². The highest BCUT2D eigenvalue weighted by molar-refractivity contribution is 5.87. The Morgan fingerprint density at radius 2 is 1.75 bits per heavy atom. The molecule has 0 fully saturated rings. The summed E-state index contributed by atoms with van der Waals surface area (Å²) in [5.41, 5.74) is 0.335. The number of rotatable bonds is 11. The Hall–Kier alpha value is -0.950. The average molecular weight is 289 g/mol. The molecular weight excluding hydrogens is 262 g/mol. The Bertz CT molecular complexity index is 300. The molecule has 0 spiro atoms. The predicted molar refractivity (Wildman–Crippen MR) is 76.0 cm³/mol. The molecule has 0 heterocycles. The second-order valence-electron chi connectivity index (χ2n) is 4.23. The largest absolute Gasteiger partial charge is 0.443 e. The maximum absolute atomic E-state index is 11.5. The van der Waals surface area contributed by atoms with E-state index in [0.29, 0.717) is 25.4 Å². The molecule has 0 saturated carbocycles. The first kappa shape index (κ1) is 19.1. The molecule has 6 heteroatoms. The zero-order chi connectivity index (χ0) is 15.6. The van der Waals surface area contributed by atoms with Gasteiger partial charge in [-0.05, 0) is 34.6 Å². The molecule has 0 aliphatic heterocycles. The van der Waals surface area contributed by atoms with E-state index in [1.807, 2.05) is 20.8 Å². The molecular formula is C14H27NO5. The van der Waals surface area contributed by atoms with E-state index in [1.165, 1.54) is 0 Å². The van der Waals surface area contributed by atoms with Gasteiger partial charge in [0.05, 0.1) is 0 Å². The van der Waals surface area contributed by atoms with Crippen molar-refractivity contribution in [2.24, 2.45) is 0 Å². The molecule has 118 valence electrons. The summed E-state index contributed by atoms with van der Waals surface area (Å²) in [6, 6.07) is 0. The van der Waals surface area contributed by atoms with E-state index in [2.05, 4.69) is 11.9 Å². The quantitative estimate of drug-likeness (QED) is 0.355. The monoisotopic (exact) mass is 289 g/mol. The Kier molecular flexibility index (Phi) is 9.41. The van der Waals surface area contributed by atoms with E-state index in [1.54, 1.807) is 13.8 Å². The smallest absolute Gasteiger partial charge is 0.334 e. The van der Waals surface area contributed by atoms with Crippen LogP contribution in [-0.2, 0) is 23.7 Å². The van der Waals surface area contributed by atoms with Crippen molar-refractivity contribution in [3.63, 3.8) is 0 Å². The van der Waals surface area contributed by atoms with Gasteiger partial charge in [0.1, 0.15) is 6.61 Å². The Morgan fingerprint density at radius 1 is 1.20 bits per heavy atom. The lowest BCUT2D eigenvalue weighted by molar-refractivity contribution is -0.287. The lowest BCUT2D eigenvalue weighted by atomic mass is 10.3. The zero-order valence-electron chi connectivity index (χ0n) is 13.2. The Labute approximate surface area is 121 Å². The first-order chi connectivity index (χ1) is 9.40. The van der Waals surface area contributed by atoms with Gasteiger partial charge in [-0.25, -0.2) is 10.1 Å². The molecule has 0 bridgehead atoms. The lowest BCUT2D eigenvalue weighted by Crippen LogP contribution is -2.57. The third-order valence-electron chi connectivity index (χ3n) is 2.31. The van der Waals surface area contributed by atoms with Crippen LogP contribution >= 0.6 is 0 Å². The van der Waals surface area contributed by atoms with E-state index in [-0.39, 0.29) is 6.61 Å². The fourth-order valence-electron chi connectivity index (χ4n) is 1.55. The average Bonchev–Trinajstić information content (AvgIpc) is 2.36. The van der Waals surface area contributed by atoms with Crippen LogP contribution in [0.25, 0.3) is 0 Å². The summed E-state index contributed by atoms with van der Waals surface area (Å²) in [7, 11) is 0. The number of carbonyl (C=O) groups excluding carboxylic acids is 1. The first-order valence-electron chi connectivity index (χ1n) is 6.90. The summed E-state index contributed by atoms with van der Waals surface area (Å²) in [6.45, 7) is 14.0. The normalized spacial score (nSPS) is 13.1. The van der Waals surface area contributed by atoms with Crippen molar-refractivity contribution < 1.29 is 23.7 Å². The second kappa shape index (κ2) is 9.88. The molecule has 1 unspecified atom stereocenters. The molecule has 0 aromatic heterocycles. The van der Waals surface area contributed by atoms with Crippen LogP contribution < -0.4 is 5.32 Å². The Morgan fingerprint density at radius 3 is 2.15 bits per heavy atom. The molecule has 20 heavy (non-hydrogen) atoms. The number of nitrogens with one attached hydrogen (secondary N) is 1. The van der Waals surface area contributed by atoms with Crippen molar-refractivity contribution in [2.45, 2.75) is 46.8 Å². The van der Waals surface area contributed by atoms with Crippen molar-refractivity contribution in [3.05, 3.63) is 12.2 Å². The fourth-order valence-corrected chi connectivity index (χ4v) is 1.55. The molecule has 0 aromatic rings. The predicted octanol–water partition coefficient (Wildman–Crippen LogP) is 1.80. The summed E-state index contributed by atoms with van der Waals surface area (Å²) in [5, 5.41) is 3.00. The molecule has 0 saturated heterocycles. The summed E-state index contributed by atoms with van der Waals surface area (Å²) >= 11 is 0. The molecule has 1 atom stereocenters. The highest BCUT2D eigenvalue weighted by Gasteiger charge is 2.34. The van der Waals surface area contributed by atoms with Crippen LogP contribution in [0, 0.1) is 0 Å². The van der Waals surface area contributed by atoms with Crippen LogP contribution in [0.15, 0.2) is 12.2 Å². The number of esters is 1. The molecule has 1 N–H and O–H groups in total. The van der Waals surface area contributed by atoms with Crippen molar-refractivity contribution in [1.82, 2.24) is 5.32 Å². The van der Waals surface area contributed by atoms with Crippen LogP contribution in [-0.4, -0.2) is 44.5 Å². The van der Waals surface area contributed by atoms with Gasteiger partial charge in [-0.15, -0.1) is 0 Å². The van der Waals surface area contributed by atoms with E-state index in [4.69, 9.17) is 18.9 Å². The van der Waals surface area contributed by atoms with Crippen LogP contribution in [0.1, 0.15) is 34.6 Å². The van der Waals surface area contributed by atoms with E-state index >= 15 is 0 Å². The van der Waals surface area contributed by atoms with Gasteiger partial charge in [-0.2, -0.15) is 0 Å². The van der Waals surface area contributed by atoms with Crippen molar-refractivity contribution in [3.8, 4) is 0 Å².